The second-order valence-corrected chi connectivity index (χ2v) is 8.78. The highest BCUT2D eigenvalue weighted by molar-refractivity contribution is 5.56. The van der Waals surface area contributed by atoms with Crippen LogP contribution in [0.3, 0.4) is 0 Å². The highest BCUT2D eigenvalue weighted by Crippen LogP contribution is 2.40. The van der Waals surface area contributed by atoms with Crippen molar-refractivity contribution in [3.8, 4) is 0 Å². The highest BCUT2D eigenvalue weighted by atomic mass is 15.4. The largest absolute Gasteiger partial charge is 0.351 e. The molecular formula is C23H36N2. The number of benzene rings is 1. The van der Waals surface area contributed by atoms with Crippen molar-refractivity contribution in [2.75, 3.05) is 4.90 Å². The van der Waals surface area contributed by atoms with Gasteiger partial charge in [0, 0.05) is 17.8 Å². The van der Waals surface area contributed by atoms with Crippen LogP contribution in [0.25, 0.3) is 0 Å². The molecule has 3 atom stereocenters. The van der Waals surface area contributed by atoms with Gasteiger partial charge in [-0.2, -0.15) is 0 Å². The summed E-state index contributed by atoms with van der Waals surface area (Å²) in [7, 11) is 0. The van der Waals surface area contributed by atoms with Gasteiger partial charge >= 0.3 is 0 Å². The van der Waals surface area contributed by atoms with Crippen molar-refractivity contribution in [1.82, 2.24) is 5.31 Å². The van der Waals surface area contributed by atoms with Gasteiger partial charge in [-0.15, -0.1) is 0 Å². The summed E-state index contributed by atoms with van der Waals surface area (Å²) in [5.74, 6) is 1.35. The fourth-order valence-electron chi connectivity index (χ4n) is 5.77. The van der Waals surface area contributed by atoms with Crippen LogP contribution in [-0.4, -0.2) is 18.2 Å². The van der Waals surface area contributed by atoms with Crippen molar-refractivity contribution in [2.24, 2.45) is 11.8 Å². The lowest BCUT2D eigenvalue weighted by atomic mass is 9.81. The quantitative estimate of drug-likeness (QED) is 0.764. The zero-order chi connectivity index (χ0) is 18.1. The molecule has 0 radical (unpaired) electrons. The first-order chi connectivity index (χ1) is 12.7. The van der Waals surface area contributed by atoms with Crippen LogP contribution in [0.4, 0.5) is 5.69 Å². The lowest BCUT2D eigenvalue weighted by Gasteiger charge is -2.37. The fraction of sp³-hybridized carbons (Fsp3) is 0.739. The molecule has 2 aliphatic carbocycles. The van der Waals surface area contributed by atoms with E-state index in [1.54, 1.807) is 0 Å². The Balaban J connectivity index is 1.68. The zero-order valence-electron chi connectivity index (χ0n) is 17.2. The number of nitrogens with one attached hydrogen (secondary N) is 1. The van der Waals surface area contributed by atoms with Crippen LogP contribution < -0.4 is 10.2 Å². The Morgan fingerprint density at radius 3 is 2.16 bits per heavy atom. The second kappa shape index (κ2) is 7.70. The number of anilines is 1. The van der Waals surface area contributed by atoms with Gasteiger partial charge in [0.2, 0.25) is 0 Å². The predicted molar refractivity (Wildman–Crippen MR) is 107 cm³/mol. The van der Waals surface area contributed by atoms with Crippen LogP contribution in [-0.2, 0) is 0 Å². The van der Waals surface area contributed by atoms with Crippen molar-refractivity contribution in [1.29, 1.82) is 0 Å². The molecule has 1 N–H and O–H groups in total. The van der Waals surface area contributed by atoms with E-state index in [2.05, 4.69) is 48.3 Å². The molecule has 2 heteroatoms. The number of nitrogens with zero attached hydrogens (tertiary/aromatic N) is 1. The van der Waals surface area contributed by atoms with Crippen molar-refractivity contribution < 1.29 is 1.41 Å². The molecule has 0 bridgehead atoms. The first-order valence-electron chi connectivity index (χ1n) is 11.2. The van der Waals surface area contributed by atoms with Gasteiger partial charge in [0.1, 0.15) is 1.41 Å². The summed E-state index contributed by atoms with van der Waals surface area (Å²) in [5.41, 5.74) is 2.73. The molecule has 4 rings (SSSR count). The molecule has 138 valence electrons. The molecule has 2 saturated carbocycles. The maximum absolute atomic E-state index is 9.19. The Hall–Kier alpha value is -1.02. The lowest BCUT2D eigenvalue weighted by Crippen LogP contribution is -2.45. The smallest absolute Gasteiger partial charge is 0.125 e. The van der Waals surface area contributed by atoms with Gasteiger partial charge < -0.3 is 4.90 Å². The predicted octanol–water partition coefficient (Wildman–Crippen LogP) is 5.65. The van der Waals surface area contributed by atoms with E-state index in [0.29, 0.717) is 23.9 Å². The minimum atomic E-state index is 0.262. The number of aryl methyl sites for hydroxylation is 1. The van der Waals surface area contributed by atoms with Crippen molar-refractivity contribution in [2.45, 2.75) is 96.3 Å². The summed E-state index contributed by atoms with van der Waals surface area (Å²) < 4.78 is 9.19. The van der Waals surface area contributed by atoms with Crippen LogP contribution in [0.15, 0.2) is 24.3 Å². The van der Waals surface area contributed by atoms with Gasteiger partial charge in [0.15, 0.2) is 0 Å². The van der Waals surface area contributed by atoms with E-state index >= 15 is 0 Å². The molecule has 0 aromatic heterocycles. The van der Waals surface area contributed by atoms with E-state index in [4.69, 9.17) is 0 Å². The molecule has 0 amide bonds. The van der Waals surface area contributed by atoms with E-state index in [9.17, 15) is 1.41 Å². The standard InChI is InChI=1S/C23H36N2/c1-17-11-9-10-16-21(17)25-18(2)22(19-12-5-3-6-13-19)24-23(25)20-14-7-4-8-15-20/h9-11,16,18-20,22-24H,3-8,12-15H2,1-2H3/t18-,22?,23?/m0/s1/i/hD. The van der Waals surface area contributed by atoms with Crippen LogP contribution in [0.1, 0.15) is 76.7 Å². The van der Waals surface area contributed by atoms with E-state index in [-0.39, 0.29) is 6.17 Å². The minimum absolute atomic E-state index is 0.262. The maximum Gasteiger partial charge on any atom is 0.125 e. The van der Waals surface area contributed by atoms with Crippen molar-refractivity contribution >= 4 is 5.69 Å². The lowest BCUT2D eigenvalue weighted by molar-refractivity contribution is 0.245. The molecule has 25 heavy (non-hydrogen) atoms. The molecule has 2 unspecified atom stereocenters. The van der Waals surface area contributed by atoms with Crippen LogP contribution in [0.5, 0.6) is 0 Å². The summed E-state index contributed by atoms with van der Waals surface area (Å²) in [6, 6.07) is 9.67. The van der Waals surface area contributed by atoms with E-state index < -0.39 is 0 Å². The normalized spacial score (nSPS) is 33.6. The molecule has 1 aromatic rings. The van der Waals surface area contributed by atoms with Gasteiger partial charge in [0.05, 0.1) is 6.17 Å². The highest BCUT2D eigenvalue weighted by Gasteiger charge is 2.45. The molecule has 2 nitrogen and oxygen atoms in total. The van der Waals surface area contributed by atoms with E-state index in [1.807, 2.05) is 0 Å². The fourth-order valence-corrected chi connectivity index (χ4v) is 5.77. The van der Waals surface area contributed by atoms with Gasteiger partial charge in [-0.3, -0.25) is 5.31 Å². The Morgan fingerprint density at radius 2 is 1.52 bits per heavy atom. The average molecular weight is 342 g/mol. The summed E-state index contributed by atoms with van der Waals surface area (Å²) in [5, 5.41) is 2.07. The van der Waals surface area contributed by atoms with Crippen LogP contribution in [0.2, 0.25) is 1.41 Å². The first-order valence-corrected chi connectivity index (χ1v) is 10.8. The Kier molecular flexibility index (Phi) is 4.98. The van der Waals surface area contributed by atoms with E-state index in [0.717, 1.165) is 0 Å². The number of hydrogen-bond acceptors (Lipinski definition) is 2. The summed E-state index contributed by atoms with van der Waals surface area (Å²) in [6.07, 6.45) is 13.7. The minimum Gasteiger partial charge on any atom is -0.351 e. The third-order valence-electron chi connectivity index (χ3n) is 7.14. The molecule has 1 heterocycles. The molecular weight excluding hydrogens is 304 g/mol. The van der Waals surface area contributed by atoms with Crippen molar-refractivity contribution in [3.05, 3.63) is 29.8 Å². The van der Waals surface area contributed by atoms with Crippen molar-refractivity contribution in [3.63, 3.8) is 0 Å². The summed E-state index contributed by atoms with van der Waals surface area (Å²) in [6.45, 7) is 4.64. The Labute approximate surface area is 155 Å². The molecule has 3 fully saturated rings. The Morgan fingerprint density at radius 1 is 0.920 bits per heavy atom. The van der Waals surface area contributed by atoms with Gasteiger partial charge in [-0.25, -0.2) is 0 Å². The second-order valence-electron chi connectivity index (χ2n) is 8.78. The third kappa shape index (κ3) is 3.47. The molecule has 0 spiro atoms. The monoisotopic (exact) mass is 341 g/mol. The number of rotatable bonds is 3. The van der Waals surface area contributed by atoms with Crippen LogP contribution >= 0.6 is 0 Å². The van der Waals surface area contributed by atoms with E-state index in [1.165, 1.54) is 75.5 Å². The SMILES string of the molecule is [2H]N1C(C2CCCCC2)[C@H](C)N(c2ccccc2C)C1C1CCCCC1. The molecule has 1 saturated heterocycles. The maximum atomic E-state index is 9.19. The van der Waals surface area contributed by atoms with Gasteiger partial charge in [0.25, 0.3) is 0 Å². The Bertz CT molecular complexity index is 592. The summed E-state index contributed by atoms with van der Waals surface area (Å²) >= 11 is 0. The molecule has 3 aliphatic rings. The zero-order valence-corrected chi connectivity index (χ0v) is 16.2. The van der Waals surface area contributed by atoms with Gasteiger partial charge in [-0.1, -0.05) is 56.7 Å². The topological polar surface area (TPSA) is 15.3 Å². The van der Waals surface area contributed by atoms with Gasteiger partial charge in [-0.05, 0) is 63.0 Å². The molecule has 1 aliphatic heterocycles. The average Bonchev–Trinajstić information content (AvgIpc) is 2.94. The van der Waals surface area contributed by atoms with Crippen LogP contribution in [0, 0.1) is 18.8 Å². The first kappa shape index (κ1) is 16.2. The summed E-state index contributed by atoms with van der Waals surface area (Å²) in [4.78, 5) is 2.65. The number of hydrogen-bond donors (Lipinski definition) is 1. The number of para-hydroxylation sites is 1. The third-order valence-corrected chi connectivity index (χ3v) is 7.14. The molecule has 1 aromatic carbocycles.